The van der Waals surface area contributed by atoms with Crippen LogP contribution < -0.4 is 15.4 Å². The maximum atomic E-state index is 12.0. The number of rotatable bonds is 4. The minimum absolute atomic E-state index is 0.0827. The monoisotopic (exact) mass is 284 g/mol. The van der Waals surface area contributed by atoms with Crippen LogP contribution in [0.25, 0.3) is 0 Å². The number of benzene rings is 2. The summed E-state index contributed by atoms with van der Waals surface area (Å²) in [5, 5.41) is 5.74. The smallest absolute Gasteiger partial charge is 0.319 e. The summed E-state index contributed by atoms with van der Waals surface area (Å²) in [6.07, 6.45) is 0. The van der Waals surface area contributed by atoms with E-state index in [0.717, 1.165) is 22.6 Å². The van der Waals surface area contributed by atoms with Crippen molar-refractivity contribution in [3.63, 3.8) is 0 Å². The van der Waals surface area contributed by atoms with E-state index in [0.29, 0.717) is 0 Å². The lowest BCUT2D eigenvalue weighted by molar-refractivity contribution is 0.249. The van der Waals surface area contributed by atoms with Crippen LogP contribution in [0.4, 0.5) is 10.5 Å². The molecule has 0 bridgehead atoms. The molecule has 0 saturated carbocycles. The molecule has 4 heteroatoms. The second-order valence-electron chi connectivity index (χ2n) is 4.96. The number of aryl methyl sites for hydroxylation is 1. The Labute approximate surface area is 125 Å². The molecule has 2 rings (SSSR count). The Morgan fingerprint density at radius 3 is 2.48 bits per heavy atom. The number of nitrogens with one attached hydrogen (secondary N) is 2. The van der Waals surface area contributed by atoms with Crippen molar-refractivity contribution in [3.05, 3.63) is 59.7 Å². The molecule has 0 radical (unpaired) electrons. The molecule has 0 fully saturated rings. The van der Waals surface area contributed by atoms with E-state index in [1.165, 1.54) is 0 Å². The van der Waals surface area contributed by atoms with Gasteiger partial charge in [0.05, 0.1) is 13.2 Å². The fraction of sp³-hybridized carbons (Fsp3) is 0.235. The quantitative estimate of drug-likeness (QED) is 0.895. The van der Waals surface area contributed by atoms with Gasteiger partial charge in [0.2, 0.25) is 0 Å². The molecule has 0 saturated heterocycles. The molecule has 4 nitrogen and oxygen atoms in total. The number of hydrogen-bond donors (Lipinski definition) is 2. The molecule has 0 aliphatic carbocycles. The van der Waals surface area contributed by atoms with E-state index in [-0.39, 0.29) is 12.1 Å². The molecule has 0 unspecified atom stereocenters. The summed E-state index contributed by atoms with van der Waals surface area (Å²) >= 11 is 0. The predicted octanol–water partition coefficient (Wildman–Crippen LogP) is 3.89. The summed E-state index contributed by atoms with van der Waals surface area (Å²) in [5.41, 5.74) is 2.92. The van der Waals surface area contributed by atoms with Gasteiger partial charge in [-0.2, -0.15) is 0 Å². The normalized spacial score (nSPS) is 11.6. The highest BCUT2D eigenvalue weighted by Gasteiger charge is 2.09. The molecule has 0 aliphatic heterocycles. The Bertz CT molecular complexity index is 608. The summed E-state index contributed by atoms with van der Waals surface area (Å²) in [6.45, 7) is 3.93. The first-order valence-corrected chi connectivity index (χ1v) is 6.86. The van der Waals surface area contributed by atoms with Crippen LogP contribution in [0.2, 0.25) is 0 Å². The van der Waals surface area contributed by atoms with Crippen molar-refractivity contribution in [3.8, 4) is 5.75 Å². The molecule has 21 heavy (non-hydrogen) atoms. The molecule has 0 spiro atoms. The van der Waals surface area contributed by atoms with Crippen LogP contribution in [0, 0.1) is 6.92 Å². The van der Waals surface area contributed by atoms with Gasteiger partial charge in [-0.05, 0) is 49.2 Å². The Morgan fingerprint density at radius 2 is 1.86 bits per heavy atom. The summed E-state index contributed by atoms with van der Waals surface area (Å²) in [6, 6.07) is 15.0. The molecule has 110 valence electrons. The van der Waals surface area contributed by atoms with Crippen LogP contribution >= 0.6 is 0 Å². The molecular weight excluding hydrogens is 264 g/mol. The highest BCUT2D eigenvalue weighted by Crippen LogP contribution is 2.17. The van der Waals surface area contributed by atoms with Crippen LogP contribution in [0.5, 0.6) is 5.75 Å². The Morgan fingerprint density at radius 1 is 1.14 bits per heavy atom. The summed E-state index contributed by atoms with van der Waals surface area (Å²) in [4.78, 5) is 12.0. The highest BCUT2D eigenvalue weighted by molar-refractivity contribution is 5.89. The number of amides is 2. The molecule has 0 heterocycles. The Balaban J connectivity index is 1.95. The highest BCUT2D eigenvalue weighted by atomic mass is 16.5. The Kier molecular flexibility index (Phi) is 4.82. The van der Waals surface area contributed by atoms with E-state index in [1.54, 1.807) is 7.11 Å². The zero-order valence-electron chi connectivity index (χ0n) is 12.5. The molecular formula is C17H20N2O2. The molecule has 2 amide bonds. The Hall–Kier alpha value is -2.49. The van der Waals surface area contributed by atoms with E-state index in [9.17, 15) is 4.79 Å². The minimum Gasteiger partial charge on any atom is -0.497 e. The van der Waals surface area contributed by atoms with Crippen molar-refractivity contribution >= 4 is 11.7 Å². The molecule has 2 aromatic rings. The van der Waals surface area contributed by atoms with Gasteiger partial charge in [-0.15, -0.1) is 0 Å². The standard InChI is InChI=1S/C17H20N2O2/c1-12-5-4-6-15(11-12)19-17(20)18-13(2)14-7-9-16(21-3)10-8-14/h4-11,13H,1-3H3,(H2,18,19,20)/t13-/m0/s1. The first kappa shape index (κ1) is 14.9. The predicted molar refractivity (Wildman–Crippen MR) is 84.7 cm³/mol. The van der Waals surface area contributed by atoms with Gasteiger partial charge < -0.3 is 15.4 Å². The van der Waals surface area contributed by atoms with Gasteiger partial charge in [0.1, 0.15) is 5.75 Å². The second-order valence-corrected chi connectivity index (χ2v) is 4.96. The number of methoxy groups -OCH3 is 1. The molecule has 2 N–H and O–H groups in total. The third-order valence-electron chi connectivity index (χ3n) is 3.24. The average Bonchev–Trinajstić information content (AvgIpc) is 2.47. The summed E-state index contributed by atoms with van der Waals surface area (Å²) in [5.74, 6) is 0.801. The van der Waals surface area contributed by atoms with E-state index >= 15 is 0 Å². The molecule has 1 atom stereocenters. The fourth-order valence-corrected chi connectivity index (χ4v) is 2.06. The fourth-order valence-electron chi connectivity index (χ4n) is 2.06. The number of anilines is 1. The van der Waals surface area contributed by atoms with Gasteiger partial charge >= 0.3 is 6.03 Å². The van der Waals surface area contributed by atoms with Gasteiger partial charge in [-0.1, -0.05) is 24.3 Å². The van der Waals surface area contributed by atoms with Gasteiger partial charge in [-0.25, -0.2) is 4.79 Å². The lowest BCUT2D eigenvalue weighted by Crippen LogP contribution is -2.31. The van der Waals surface area contributed by atoms with Crippen LogP contribution in [-0.2, 0) is 0 Å². The molecule has 2 aromatic carbocycles. The lowest BCUT2D eigenvalue weighted by Gasteiger charge is -2.15. The van der Waals surface area contributed by atoms with Crippen molar-refractivity contribution in [1.82, 2.24) is 5.32 Å². The maximum Gasteiger partial charge on any atom is 0.319 e. The number of carbonyl (C=O) groups excluding carboxylic acids is 1. The van der Waals surface area contributed by atoms with Crippen molar-refractivity contribution in [1.29, 1.82) is 0 Å². The van der Waals surface area contributed by atoms with Crippen LogP contribution in [0.3, 0.4) is 0 Å². The van der Waals surface area contributed by atoms with Crippen LogP contribution in [0.1, 0.15) is 24.1 Å². The van der Waals surface area contributed by atoms with Gasteiger partial charge in [0, 0.05) is 5.69 Å². The number of carbonyl (C=O) groups is 1. The molecule has 0 aliphatic rings. The van der Waals surface area contributed by atoms with Crippen LogP contribution in [-0.4, -0.2) is 13.1 Å². The topological polar surface area (TPSA) is 50.4 Å². The van der Waals surface area contributed by atoms with Crippen molar-refractivity contribution in [2.45, 2.75) is 19.9 Å². The maximum absolute atomic E-state index is 12.0. The van der Waals surface area contributed by atoms with Crippen molar-refractivity contribution in [2.75, 3.05) is 12.4 Å². The third-order valence-corrected chi connectivity index (χ3v) is 3.24. The minimum atomic E-state index is -0.219. The van der Waals surface area contributed by atoms with Gasteiger partial charge in [-0.3, -0.25) is 0 Å². The lowest BCUT2D eigenvalue weighted by atomic mass is 10.1. The van der Waals surface area contributed by atoms with Crippen molar-refractivity contribution in [2.24, 2.45) is 0 Å². The van der Waals surface area contributed by atoms with Gasteiger partial charge in [0.25, 0.3) is 0 Å². The summed E-state index contributed by atoms with van der Waals surface area (Å²) in [7, 11) is 1.63. The number of urea groups is 1. The van der Waals surface area contributed by atoms with E-state index in [4.69, 9.17) is 4.74 Å². The largest absolute Gasteiger partial charge is 0.497 e. The third kappa shape index (κ3) is 4.24. The van der Waals surface area contributed by atoms with E-state index in [2.05, 4.69) is 10.6 Å². The van der Waals surface area contributed by atoms with E-state index in [1.807, 2.05) is 62.4 Å². The number of hydrogen-bond acceptors (Lipinski definition) is 2. The zero-order chi connectivity index (χ0) is 15.2. The van der Waals surface area contributed by atoms with E-state index < -0.39 is 0 Å². The average molecular weight is 284 g/mol. The van der Waals surface area contributed by atoms with Crippen molar-refractivity contribution < 1.29 is 9.53 Å². The first-order chi connectivity index (χ1) is 10.1. The first-order valence-electron chi connectivity index (χ1n) is 6.86. The zero-order valence-corrected chi connectivity index (χ0v) is 12.5. The SMILES string of the molecule is COc1ccc([C@H](C)NC(=O)Nc2cccc(C)c2)cc1. The summed E-state index contributed by atoms with van der Waals surface area (Å²) < 4.78 is 5.12. The van der Waals surface area contributed by atoms with Gasteiger partial charge in [0.15, 0.2) is 0 Å². The van der Waals surface area contributed by atoms with Crippen LogP contribution in [0.15, 0.2) is 48.5 Å². The molecule has 0 aromatic heterocycles. The number of ether oxygens (including phenoxy) is 1. The second kappa shape index (κ2) is 6.79.